The highest BCUT2D eigenvalue weighted by atomic mass is 35.5. The molecule has 8 heteroatoms. The fourth-order valence-corrected chi connectivity index (χ4v) is 2.39. The summed E-state index contributed by atoms with van der Waals surface area (Å²) in [6.45, 7) is 5.87. The summed E-state index contributed by atoms with van der Waals surface area (Å²) in [5, 5.41) is 12.4. The molecule has 0 aliphatic carbocycles. The number of carboxylic acid groups (broad SMARTS) is 1. The van der Waals surface area contributed by atoms with E-state index in [-0.39, 0.29) is 25.0 Å². The van der Waals surface area contributed by atoms with E-state index in [4.69, 9.17) is 20.8 Å². The number of halogens is 1. The summed E-state index contributed by atoms with van der Waals surface area (Å²) in [5.41, 5.74) is 0.771. The van der Waals surface area contributed by atoms with E-state index in [1.54, 1.807) is 24.3 Å². The number of amides is 1. The van der Waals surface area contributed by atoms with E-state index >= 15 is 0 Å². The molecule has 0 saturated carbocycles. The molecule has 2 N–H and O–H groups in total. The van der Waals surface area contributed by atoms with Crippen molar-refractivity contribution in [2.45, 2.75) is 45.3 Å². The predicted octanol–water partition coefficient (Wildman–Crippen LogP) is 3.31. The molecule has 27 heavy (non-hydrogen) atoms. The number of nitrogens with one attached hydrogen (secondary N) is 1. The lowest BCUT2D eigenvalue weighted by Gasteiger charge is -2.21. The highest BCUT2D eigenvalue weighted by Crippen LogP contribution is 2.21. The predicted molar refractivity (Wildman–Crippen MR) is 101 cm³/mol. The smallest absolute Gasteiger partial charge is 0.326 e. The zero-order chi connectivity index (χ0) is 20.0. The summed E-state index contributed by atoms with van der Waals surface area (Å²) in [5.74, 6) is -1.19. The van der Waals surface area contributed by atoms with Crippen molar-refractivity contribution >= 4 is 23.5 Å². The first kappa shape index (κ1) is 20.9. The second-order valence-corrected chi connectivity index (χ2v) is 7.47. The topological polar surface area (TPSA) is 102 Å². The third-order valence-corrected chi connectivity index (χ3v) is 3.81. The van der Waals surface area contributed by atoms with E-state index in [0.29, 0.717) is 16.6 Å². The second-order valence-electron chi connectivity index (χ2n) is 7.04. The van der Waals surface area contributed by atoms with E-state index in [1.807, 2.05) is 20.8 Å². The Bertz CT molecular complexity index is 780. The average molecular weight is 395 g/mol. The number of benzene rings is 1. The minimum absolute atomic E-state index is 0.0823. The van der Waals surface area contributed by atoms with Crippen molar-refractivity contribution in [3.63, 3.8) is 0 Å². The summed E-state index contributed by atoms with van der Waals surface area (Å²) in [6, 6.07) is 5.92. The first-order valence-corrected chi connectivity index (χ1v) is 8.88. The standard InChI is InChI=1S/C19H23ClN2O5/c1-19(2,3)27-9-8-15(18(24)25)22-16(23)10-14-11-26-17(21-14)12-4-6-13(20)7-5-12/h4-7,11,15H,8-10H2,1-3H3,(H,22,23)(H,24,25). The molecule has 2 rings (SSSR count). The molecule has 1 aromatic heterocycles. The van der Waals surface area contributed by atoms with Gasteiger partial charge in [0.15, 0.2) is 0 Å². The molecule has 0 saturated heterocycles. The van der Waals surface area contributed by atoms with Gasteiger partial charge in [-0.15, -0.1) is 0 Å². The molecule has 0 spiro atoms. The molecule has 7 nitrogen and oxygen atoms in total. The van der Waals surface area contributed by atoms with Gasteiger partial charge in [0.2, 0.25) is 11.8 Å². The van der Waals surface area contributed by atoms with Crippen LogP contribution in [0.15, 0.2) is 34.9 Å². The summed E-state index contributed by atoms with van der Waals surface area (Å²) in [6.07, 6.45) is 1.47. The maximum atomic E-state index is 12.2. The molecule has 1 amide bonds. The van der Waals surface area contributed by atoms with Crippen LogP contribution < -0.4 is 5.32 Å². The zero-order valence-corrected chi connectivity index (χ0v) is 16.2. The highest BCUT2D eigenvalue weighted by Gasteiger charge is 2.22. The Kier molecular flexibility index (Phi) is 6.98. The highest BCUT2D eigenvalue weighted by molar-refractivity contribution is 6.30. The van der Waals surface area contributed by atoms with Crippen molar-refractivity contribution in [1.29, 1.82) is 0 Å². The van der Waals surface area contributed by atoms with Gasteiger partial charge in [0.05, 0.1) is 17.7 Å². The fraction of sp³-hybridized carbons (Fsp3) is 0.421. The lowest BCUT2D eigenvalue weighted by Crippen LogP contribution is -2.42. The van der Waals surface area contributed by atoms with Gasteiger partial charge in [-0.1, -0.05) is 11.6 Å². The molecular weight excluding hydrogens is 372 g/mol. The number of oxazole rings is 1. The maximum absolute atomic E-state index is 12.2. The van der Waals surface area contributed by atoms with Crippen LogP contribution >= 0.6 is 11.6 Å². The van der Waals surface area contributed by atoms with Crippen LogP contribution in [0.25, 0.3) is 11.5 Å². The van der Waals surface area contributed by atoms with E-state index in [2.05, 4.69) is 10.3 Å². The molecule has 1 aromatic carbocycles. The Morgan fingerprint density at radius 1 is 1.30 bits per heavy atom. The Labute approximate surface area is 162 Å². The lowest BCUT2D eigenvalue weighted by atomic mass is 10.1. The minimum Gasteiger partial charge on any atom is -0.480 e. The third-order valence-electron chi connectivity index (χ3n) is 3.56. The van der Waals surface area contributed by atoms with Gasteiger partial charge in [-0.25, -0.2) is 9.78 Å². The number of nitrogens with zero attached hydrogens (tertiary/aromatic N) is 1. The van der Waals surface area contributed by atoms with Crippen LogP contribution in [-0.4, -0.2) is 40.2 Å². The third kappa shape index (κ3) is 7.03. The number of carboxylic acids is 1. The van der Waals surface area contributed by atoms with Crippen LogP contribution in [0.5, 0.6) is 0 Å². The normalized spacial score (nSPS) is 12.6. The molecule has 1 atom stereocenters. The maximum Gasteiger partial charge on any atom is 0.326 e. The number of aliphatic carboxylic acids is 1. The van der Waals surface area contributed by atoms with Crippen LogP contribution in [0.4, 0.5) is 0 Å². The Balaban J connectivity index is 1.91. The quantitative estimate of drug-likeness (QED) is 0.712. The molecule has 1 heterocycles. The fourth-order valence-electron chi connectivity index (χ4n) is 2.26. The number of carbonyl (C=O) groups is 2. The Hall–Kier alpha value is -2.38. The monoisotopic (exact) mass is 394 g/mol. The van der Waals surface area contributed by atoms with Crippen LogP contribution in [0.1, 0.15) is 32.9 Å². The summed E-state index contributed by atoms with van der Waals surface area (Å²) < 4.78 is 10.9. The van der Waals surface area contributed by atoms with Gasteiger partial charge in [-0.05, 0) is 45.0 Å². The van der Waals surface area contributed by atoms with E-state index in [0.717, 1.165) is 5.56 Å². The molecular formula is C19H23ClN2O5. The molecule has 1 unspecified atom stereocenters. The van der Waals surface area contributed by atoms with Crippen molar-refractivity contribution < 1.29 is 23.8 Å². The van der Waals surface area contributed by atoms with E-state index in [9.17, 15) is 14.7 Å². The van der Waals surface area contributed by atoms with Crippen LogP contribution in [0.2, 0.25) is 5.02 Å². The van der Waals surface area contributed by atoms with Crippen LogP contribution in [-0.2, 0) is 20.7 Å². The van der Waals surface area contributed by atoms with E-state index in [1.165, 1.54) is 6.26 Å². The number of ether oxygens (including phenoxy) is 1. The van der Waals surface area contributed by atoms with Gasteiger partial charge >= 0.3 is 5.97 Å². The van der Waals surface area contributed by atoms with Crippen LogP contribution in [0.3, 0.4) is 0 Å². The van der Waals surface area contributed by atoms with Crippen molar-refractivity contribution in [2.75, 3.05) is 6.61 Å². The zero-order valence-electron chi connectivity index (χ0n) is 15.5. The molecule has 2 aromatic rings. The molecule has 0 aliphatic rings. The summed E-state index contributed by atoms with van der Waals surface area (Å²) in [4.78, 5) is 27.8. The SMILES string of the molecule is CC(C)(C)OCCC(NC(=O)Cc1coc(-c2ccc(Cl)cc2)n1)C(=O)O. The Morgan fingerprint density at radius 3 is 2.56 bits per heavy atom. The summed E-state index contributed by atoms with van der Waals surface area (Å²) >= 11 is 5.85. The van der Waals surface area contributed by atoms with Crippen molar-refractivity contribution in [1.82, 2.24) is 10.3 Å². The summed E-state index contributed by atoms with van der Waals surface area (Å²) in [7, 11) is 0. The average Bonchev–Trinajstić information content (AvgIpc) is 3.01. The Morgan fingerprint density at radius 2 is 1.96 bits per heavy atom. The van der Waals surface area contributed by atoms with E-state index < -0.39 is 17.9 Å². The number of carbonyl (C=O) groups excluding carboxylic acids is 1. The molecule has 0 aliphatic heterocycles. The van der Waals surface area contributed by atoms with Gasteiger partial charge < -0.3 is 19.6 Å². The number of rotatable bonds is 8. The van der Waals surface area contributed by atoms with Crippen molar-refractivity contribution in [2.24, 2.45) is 0 Å². The molecule has 0 bridgehead atoms. The minimum atomic E-state index is -1.11. The molecule has 0 fully saturated rings. The van der Waals surface area contributed by atoms with Crippen molar-refractivity contribution in [3.8, 4) is 11.5 Å². The molecule has 0 radical (unpaired) electrons. The van der Waals surface area contributed by atoms with Crippen molar-refractivity contribution in [3.05, 3.63) is 41.2 Å². The second kappa shape index (κ2) is 9.01. The largest absolute Gasteiger partial charge is 0.480 e. The lowest BCUT2D eigenvalue weighted by molar-refractivity contribution is -0.142. The van der Waals surface area contributed by atoms with Gasteiger partial charge in [-0.2, -0.15) is 0 Å². The first-order chi connectivity index (χ1) is 12.6. The van der Waals surface area contributed by atoms with Crippen LogP contribution in [0, 0.1) is 0 Å². The first-order valence-electron chi connectivity index (χ1n) is 8.50. The number of aromatic nitrogens is 1. The number of hydrogen-bond donors (Lipinski definition) is 2. The van der Waals surface area contributed by atoms with Gasteiger partial charge in [0.1, 0.15) is 12.3 Å². The molecule has 146 valence electrons. The number of hydrogen-bond acceptors (Lipinski definition) is 5. The van der Waals surface area contributed by atoms with Gasteiger partial charge in [0, 0.05) is 23.6 Å². The van der Waals surface area contributed by atoms with Gasteiger partial charge in [-0.3, -0.25) is 4.79 Å². The van der Waals surface area contributed by atoms with Gasteiger partial charge in [0.25, 0.3) is 0 Å².